The highest BCUT2D eigenvalue weighted by molar-refractivity contribution is 6.34. The zero-order valence-corrected chi connectivity index (χ0v) is 9.16. The Labute approximate surface area is 96.5 Å². The molecule has 0 unspecified atom stereocenters. The van der Waals surface area contributed by atoms with Gasteiger partial charge in [0.1, 0.15) is 17.1 Å². The Morgan fingerprint density at radius 3 is 3.06 bits per heavy atom. The van der Waals surface area contributed by atoms with Gasteiger partial charge < -0.3 is 10.1 Å². The van der Waals surface area contributed by atoms with Crippen LogP contribution in [0.1, 0.15) is 18.4 Å². The fourth-order valence-electron chi connectivity index (χ4n) is 1.61. The molecule has 0 aliphatic heterocycles. The minimum atomic E-state index is -0.790. The summed E-state index contributed by atoms with van der Waals surface area (Å²) in [6.45, 7) is 0. The topological polar surface area (TPSA) is 78.9 Å². The smallest absolute Gasteiger partial charge is 0.303 e. The first-order chi connectivity index (χ1) is 7.68. The average Bonchev–Trinajstić information content (AvgIpc) is 2.62. The van der Waals surface area contributed by atoms with Gasteiger partial charge in [0, 0.05) is 12.6 Å². The summed E-state index contributed by atoms with van der Waals surface area (Å²) in [7, 11) is 0. The van der Waals surface area contributed by atoms with Crippen LogP contribution in [0, 0.1) is 0 Å². The van der Waals surface area contributed by atoms with E-state index in [4.69, 9.17) is 16.7 Å². The van der Waals surface area contributed by atoms with Crippen LogP contribution in [0.25, 0.3) is 11.0 Å². The van der Waals surface area contributed by atoms with Gasteiger partial charge in [-0.15, -0.1) is 0 Å². The number of nitrogens with zero attached hydrogens (tertiary/aromatic N) is 2. The van der Waals surface area contributed by atoms with Crippen molar-refractivity contribution in [2.45, 2.75) is 19.3 Å². The molecule has 0 aliphatic carbocycles. The molecule has 2 rings (SSSR count). The Hall–Kier alpha value is -1.62. The molecule has 0 saturated carbocycles. The standard InChI is InChI=1S/C10H10ClN3O2/c11-9-8-6(2-1-3-7(15)16)4-12-10(8)14-5-13-9/h4-5H,1-3H2,(H,15,16)(H,12,13,14). The molecule has 84 valence electrons. The number of halogens is 1. The van der Waals surface area contributed by atoms with E-state index in [1.54, 1.807) is 6.20 Å². The molecule has 2 aromatic rings. The second-order valence-corrected chi connectivity index (χ2v) is 3.81. The van der Waals surface area contributed by atoms with Crippen LogP contribution in [-0.4, -0.2) is 26.0 Å². The van der Waals surface area contributed by atoms with Crippen molar-refractivity contribution in [2.24, 2.45) is 0 Å². The molecular weight excluding hydrogens is 230 g/mol. The van der Waals surface area contributed by atoms with E-state index >= 15 is 0 Å². The molecule has 2 aromatic heterocycles. The van der Waals surface area contributed by atoms with Crippen molar-refractivity contribution in [3.8, 4) is 0 Å². The molecule has 2 N–H and O–H groups in total. The van der Waals surface area contributed by atoms with Gasteiger partial charge in [-0.2, -0.15) is 0 Å². The summed E-state index contributed by atoms with van der Waals surface area (Å²) in [5.41, 5.74) is 1.65. The third-order valence-electron chi connectivity index (χ3n) is 2.34. The Balaban J connectivity index is 2.21. The highest BCUT2D eigenvalue weighted by atomic mass is 35.5. The largest absolute Gasteiger partial charge is 0.481 e. The first-order valence-corrected chi connectivity index (χ1v) is 5.24. The number of H-pyrrole nitrogens is 1. The molecule has 0 aromatic carbocycles. The first-order valence-electron chi connectivity index (χ1n) is 4.86. The van der Waals surface area contributed by atoms with Crippen LogP contribution < -0.4 is 0 Å². The minimum Gasteiger partial charge on any atom is -0.481 e. The molecule has 16 heavy (non-hydrogen) atoms. The fourth-order valence-corrected chi connectivity index (χ4v) is 1.87. The van der Waals surface area contributed by atoms with Gasteiger partial charge in [0.25, 0.3) is 0 Å². The molecule has 6 heteroatoms. The van der Waals surface area contributed by atoms with Crippen molar-refractivity contribution < 1.29 is 9.90 Å². The number of hydrogen-bond donors (Lipinski definition) is 2. The zero-order valence-electron chi connectivity index (χ0n) is 8.40. The lowest BCUT2D eigenvalue weighted by Crippen LogP contribution is -1.95. The van der Waals surface area contributed by atoms with E-state index in [1.807, 2.05) is 0 Å². The highest BCUT2D eigenvalue weighted by Gasteiger charge is 2.09. The lowest BCUT2D eigenvalue weighted by Gasteiger charge is -1.98. The summed E-state index contributed by atoms with van der Waals surface area (Å²) in [4.78, 5) is 21.3. The van der Waals surface area contributed by atoms with Gasteiger partial charge in [0.05, 0.1) is 5.39 Å². The summed E-state index contributed by atoms with van der Waals surface area (Å²) in [6, 6.07) is 0. The van der Waals surface area contributed by atoms with Crippen molar-refractivity contribution in [2.75, 3.05) is 0 Å². The van der Waals surface area contributed by atoms with Crippen LogP contribution >= 0.6 is 11.6 Å². The number of carboxylic acids is 1. The number of nitrogens with one attached hydrogen (secondary N) is 1. The Bertz CT molecular complexity index is 524. The maximum atomic E-state index is 10.4. The number of aryl methyl sites for hydroxylation is 1. The van der Waals surface area contributed by atoms with Gasteiger partial charge in [0.15, 0.2) is 0 Å². The van der Waals surface area contributed by atoms with E-state index in [0.29, 0.717) is 23.6 Å². The zero-order chi connectivity index (χ0) is 11.5. The summed E-state index contributed by atoms with van der Waals surface area (Å²) in [5, 5.41) is 9.74. The summed E-state index contributed by atoms with van der Waals surface area (Å²) >= 11 is 5.96. The SMILES string of the molecule is O=C(O)CCCc1c[nH]c2ncnc(Cl)c12. The predicted molar refractivity (Wildman–Crippen MR) is 59.5 cm³/mol. The minimum absolute atomic E-state index is 0.151. The van der Waals surface area contributed by atoms with Crippen LogP contribution in [0.15, 0.2) is 12.5 Å². The van der Waals surface area contributed by atoms with Crippen molar-refractivity contribution >= 4 is 28.6 Å². The van der Waals surface area contributed by atoms with Gasteiger partial charge in [-0.05, 0) is 18.4 Å². The normalized spacial score (nSPS) is 10.8. The fraction of sp³-hybridized carbons (Fsp3) is 0.300. The van der Waals surface area contributed by atoms with Crippen molar-refractivity contribution in [1.29, 1.82) is 0 Å². The number of carboxylic acid groups (broad SMARTS) is 1. The lowest BCUT2D eigenvalue weighted by atomic mass is 10.1. The maximum absolute atomic E-state index is 10.4. The van der Waals surface area contributed by atoms with E-state index in [0.717, 1.165) is 10.9 Å². The van der Waals surface area contributed by atoms with Gasteiger partial charge in [-0.3, -0.25) is 4.79 Å². The van der Waals surface area contributed by atoms with Crippen LogP contribution in [0.4, 0.5) is 0 Å². The average molecular weight is 240 g/mol. The number of fused-ring (bicyclic) bond motifs is 1. The molecule has 0 bridgehead atoms. The number of aromatic amines is 1. The van der Waals surface area contributed by atoms with Crippen molar-refractivity contribution in [3.05, 3.63) is 23.2 Å². The molecule has 0 saturated heterocycles. The Morgan fingerprint density at radius 1 is 1.50 bits per heavy atom. The van der Waals surface area contributed by atoms with E-state index in [1.165, 1.54) is 6.33 Å². The monoisotopic (exact) mass is 239 g/mol. The van der Waals surface area contributed by atoms with Crippen molar-refractivity contribution in [1.82, 2.24) is 15.0 Å². The number of rotatable bonds is 4. The second kappa shape index (κ2) is 4.49. The van der Waals surface area contributed by atoms with Crippen LogP contribution in [0.5, 0.6) is 0 Å². The van der Waals surface area contributed by atoms with E-state index in [2.05, 4.69) is 15.0 Å². The molecule has 0 atom stereocenters. The third kappa shape index (κ3) is 2.14. The second-order valence-electron chi connectivity index (χ2n) is 3.45. The summed E-state index contributed by atoms with van der Waals surface area (Å²) < 4.78 is 0. The number of aromatic nitrogens is 3. The molecular formula is C10H10ClN3O2. The highest BCUT2D eigenvalue weighted by Crippen LogP contribution is 2.24. The maximum Gasteiger partial charge on any atom is 0.303 e. The van der Waals surface area contributed by atoms with Crippen LogP contribution in [-0.2, 0) is 11.2 Å². The lowest BCUT2D eigenvalue weighted by molar-refractivity contribution is -0.137. The predicted octanol–water partition coefficient (Wildman–Crippen LogP) is 2.02. The van der Waals surface area contributed by atoms with Crippen LogP contribution in [0.2, 0.25) is 5.15 Å². The number of carbonyl (C=O) groups is 1. The third-order valence-corrected chi connectivity index (χ3v) is 2.63. The molecule has 0 spiro atoms. The van der Waals surface area contributed by atoms with Crippen LogP contribution in [0.3, 0.4) is 0 Å². The molecule has 5 nitrogen and oxygen atoms in total. The van der Waals surface area contributed by atoms with Gasteiger partial charge in [-0.25, -0.2) is 9.97 Å². The van der Waals surface area contributed by atoms with E-state index in [-0.39, 0.29) is 6.42 Å². The van der Waals surface area contributed by atoms with Gasteiger partial charge in [0.2, 0.25) is 0 Å². The molecule has 2 heterocycles. The number of hydrogen-bond acceptors (Lipinski definition) is 3. The van der Waals surface area contributed by atoms with Crippen molar-refractivity contribution in [3.63, 3.8) is 0 Å². The summed E-state index contributed by atoms with van der Waals surface area (Å²) in [6.07, 6.45) is 4.57. The summed E-state index contributed by atoms with van der Waals surface area (Å²) in [5.74, 6) is -0.790. The van der Waals surface area contributed by atoms with Gasteiger partial charge in [-0.1, -0.05) is 11.6 Å². The van der Waals surface area contributed by atoms with E-state index < -0.39 is 5.97 Å². The van der Waals surface area contributed by atoms with Gasteiger partial charge >= 0.3 is 5.97 Å². The molecule has 0 aliphatic rings. The quantitative estimate of drug-likeness (QED) is 0.800. The van der Waals surface area contributed by atoms with E-state index in [9.17, 15) is 4.79 Å². The molecule has 0 fully saturated rings. The molecule has 0 amide bonds. The Kier molecular flexibility index (Phi) is 3.05. The Morgan fingerprint density at radius 2 is 2.31 bits per heavy atom. The first kappa shape index (κ1) is 10.9. The molecule has 0 radical (unpaired) electrons. The number of aliphatic carboxylic acids is 1.